The third-order valence-corrected chi connectivity index (χ3v) is 2.35. The molecule has 2 amide bonds. The number of nitrogens with zero attached hydrogens (tertiary/aromatic N) is 2. The Balaban J connectivity index is 4.34. The first-order valence-electron chi connectivity index (χ1n) is 6.07. The first kappa shape index (κ1) is 16.9. The zero-order valence-electron chi connectivity index (χ0n) is 11.5. The second kappa shape index (κ2) is 9.88. The van der Waals surface area contributed by atoms with Crippen LogP contribution in [0, 0.1) is 0 Å². The quantitative estimate of drug-likeness (QED) is 0.342. The molecule has 0 saturated carbocycles. The summed E-state index contributed by atoms with van der Waals surface area (Å²) in [7, 11) is 0. The van der Waals surface area contributed by atoms with E-state index in [1.165, 1.54) is 0 Å². The van der Waals surface area contributed by atoms with Crippen LogP contribution >= 0.6 is 0 Å². The highest BCUT2D eigenvalue weighted by molar-refractivity contribution is 5.92. The molecule has 0 unspecified atom stereocenters. The molecule has 0 aliphatic rings. The minimum absolute atomic E-state index is 0.0946. The highest BCUT2D eigenvalue weighted by Gasteiger charge is 2.10. The van der Waals surface area contributed by atoms with Gasteiger partial charge < -0.3 is 9.80 Å². The summed E-state index contributed by atoms with van der Waals surface area (Å²) >= 11 is 0. The fraction of sp³-hybridized carbons (Fsp3) is 0.333. The Hall–Kier alpha value is -2.10. The predicted octanol–water partition coefficient (Wildman–Crippen LogP) is 1.78. The van der Waals surface area contributed by atoms with E-state index in [4.69, 9.17) is 0 Å². The number of carbonyl (C=O) groups is 2. The van der Waals surface area contributed by atoms with Gasteiger partial charge in [0, 0.05) is 31.8 Å². The maximum absolute atomic E-state index is 11.8. The molecule has 0 saturated heterocycles. The standard InChI is InChI=1S/C15H22N2O2/c1-5-9-16(13-18)11-7-8-12-17(10-6-2)15(19)14(3)4/h5-8,13H,1-3,9-12H2,4H3/b8-7+. The van der Waals surface area contributed by atoms with Gasteiger partial charge in [-0.05, 0) is 6.92 Å². The molecule has 0 spiro atoms. The van der Waals surface area contributed by atoms with E-state index in [1.54, 1.807) is 28.9 Å². The van der Waals surface area contributed by atoms with Gasteiger partial charge in [-0.15, -0.1) is 13.2 Å². The van der Waals surface area contributed by atoms with Gasteiger partial charge in [-0.1, -0.05) is 30.9 Å². The number of hydrogen-bond acceptors (Lipinski definition) is 2. The SMILES string of the molecule is C=CCN(C=O)C/C=C/CN(CC=C)C(=O)C(=C)C. The van der Waals surface area contributed by atoms with Crippen molar-refractivity contribution < 1.29 is 9.59 Å². The molecule has 0 aromatic rings. The van der Waals surface area contributed by atoms with Crippen LogP contribution in [0.25, 0.3) is 0 Å². The van der Waals surface area contributed by atoms with Crippen molar-refractivity contribution in [2.24, 2.45) is 0 Å². The molecule has 0 bridgehead atoms. The lowest BCUT2D eigenvalue weighted by molar-refractivity contribution is -0.126. The Bertz CT molecular complexity index is 372. The summed E-state index contributed by atoms with van der Waals surface area (Å²) in [5, 5.41) is 0. The van der Waals surface area contributed by atoms with Crippen LogP contribution < -0.4 is 0 Å². The van der Waals surface area contributed by atoms with Crippen LogP contribution in [0.2, 0.25) is 0 Å². The average Bonchev–Trinajstić information content (AvgIpc) is 2.39. The Kier molecular flexibility index (Phi) is 8.79. The molecule has 4 nitrogen and oxygen atoms in total. The summed E-state index contributed by atoms with van der Waals surface area (Å²) in [6.07, 6.45) is 7.80. The van der Waals surface area contributed by atoms with Gasteiger partial charge in [0.1, 0.15) is 0 Å². The van der Waals surface area contributed by atoms with Crippen molar-refractivity contribution in [3.8, 4) is 0 Å². The van der Waals surface area contributed by atoms with Crippen LogP contribution in [0.15, 0.2) is 49.6 Å². The Morgan fingerprint density at radius 3 is 2.11 bits per heavy atom. The molecule has 0 atom stereocenters. The summed E-state index contributed by atoms with van der Waals surface area (Å²) in [5.74, 6) is -0.0946. The van der Waals surface area contributed by atoms with Crippen LogP contribution in [0.4, 0.5) is 0 Å². The second-order valence-electron chi connectivity index (χ2n) is 4.10. The van der Waals surface area contributed by atoms with E-state index in [0.717, 1.165) is 6.41 Å². The van der Waals surface area contributed by atoms with Crippen LogP contribution in [0.5, 0.6) is 0 Å². The topological polar surface area (TPSA) is 40.6 Å². The van der Waals surface area contributed by atoms with Crippen molar-refractivity contribution in [3.05, 3.63) is 49.6 Å². The molecule has 0 radical (unpaired) electrons. The van der Waals surface area contributed by atoms with Crippen molar-refractivity contribution in [1.82, 2.24) is 9.80 Å². The van der Waals surface area contributed by atoms with Crippen LogP contribution in [-0.4, -0.2) is 48.3 Å². The van der Waals surface area contributed by atoms with E-state index in [-0.39, 0.29) is 5.91 Å². The molecule has 0 aromatic carbocycles. The van der Waals surface area contributed by atoms with E-state index in [0.29, 0.717) is 31.8 Å². The Labute approximate surface area is 115 Å². The van der Waals surface area contributed by atoms with Crippen molar-refractivity contribution in [2.45, 2.75) is 6.92 Å². The lowest BCUT2D eigenvalue weighted by Crippen LogP contribution is -2.31. The van der Waals surface area contributed by atoms with Gasteiger partial charge in [-0.3, -0.25) is 9.59 Å². The molecule has 19 heavy (non-hydrogen) atoms. The van der Waals surface area contributed by atoms with Crippen molar-refractivity contribution >= 4 is 12.3 Å². The fourth-order valence-electron chi connectivity index (χ4n) is 1.40. The number of amides is 2. The van der Waals surface area contributed by atoms with Crippen molar-refractivity contribution in [1.29, 1.82) is 0 Å². The monoisotopic (exact) mass is 262 g/mol. The molecule has 0 aliphatic heterocycles. The molecule has 104 valence electrons. The van der Waals surface area contributed by atoms with E-state index >= 15 is 0 Å². The summed E-state index contributed by atoms with van der Waals surface area (Å²) in [5.41, 5.74) is 0.497. The minimum Gasteiger partial charge on any atom is -0.338 e. The smallest absolute Gasteiger partial charge is 0.249 e. The summed E-state index contributed by atoms with van der Waals surface area (Å²) in [6.45, 7) is 14.5. The van der Waals surface area contributed by atoms with Gasteiger partial charge in [-0.25, -0.2) is 0 Å². The largest absolute Gasteiger partial charge is 0.338 e. The van der Waals surface area contributed by atoms with Crippen LogP contribution in [0.3, 0.4) is 0 Å². The maximum atomic E-state index is 11.8. The highest BCUT2D eigenvalue weighted by Crippen LogP contribution is 1.99. The molecule has 0 rings (SSSR count). The van der Waals surface area contributed by atoms with Crippen LogP contribution in [0.1, 0.15) is 6.92 Å². The number of carbonyl (C=O) groups excluding carboxylic acids is 2. The molecule has 0 fully saturated rings. The number of hydrogen-bond donors (Lipinski definition) is 0. The molecular weight excluding hydrogens is 240 g/mol. The summed E-state index contributed by atoms with van der Waals surface area (Å²) < 4.78 is 0. The van der Waals surface area contributed by atoms with Crippen LogP contribution in [-0.2, 0) is 9.59 Å². The lowest BCUT2D eigenvalue weighted by atomic mass is 10.3. The molecule has 0 aliphatic carbocycles. The van der Waals surface area contributed by atoms with Gasteiger partial charge in [0.05, 0.1) is 0 Å². The first-order valence-corrected chi connectivity index (χ1v) is 6.07. The second-order valence-corrected chi connectivity index (χ2v) is 4.10. The Morgan fingerprint density at radius 1 is 1.05 bits per heavy atom. The zero-order chi connectivity index (χ0) is 14.7. The fourth-order valence-corrected chi connectivity index (χ4v) is 1.40. The molecule has 4 heteroatoms. The van der Waals surface area contributed by atoms with E-state index in [2.05, 4.69) is 19.7 Å². The zero-order valence-corrected chi connectivity index (χ0v) is 11.5. The van der Waals surface area contributed by atoms with Crippen molar-refractivity contribution in [3.63, 3.8) is 0 Å². The maximum Gasteiger partial charge on any atom is 0.249 e. The Morgan fingerprint density at radius 2 is 1.63 bits per heavy atom. The third-order valence-electron chi connectivity index (χ3n) is 2.35. The molecule has 0 heterocycles. The van der Waals surface area contributed by atoms with E-state index in [1.807, 2.05) is 12.2 Å². The third kappa shape index (κ3) is 7.03. The molecule has 0 N–H and O–H groups in total. The average molecular weight is 262 g/mol. The highest BCUT2D eigenvalue weighted by atomic mass is 16.2. The first-order chi connectivity index (χ1) is 9.06. The summed E-state index contributed by atoms with van der Waals surface area (Å²) in [4.78, 5) is 25.7. The van der Waals surface area contributed by atoms with Gasteiger partial charge in [0.25, 0.3) is 0 Å². The summed E-state index contributed by atoms with van der Waals surface area (Å²) in [6, 6.07) is 0. The van der Waals surface area contributed by atoms with Gasteiger partial charge >= 0.3 is 0 Å². The normalized spacial score (nSPS) is 9.95. The van der Waals surface area contributed by atoms with Gasteiger partial charge in [0.2, 0.25) is 12.3 Å². The lowest BCUT2D eigenvalue weighted by Gasteiger charge is -2.19. The molecular formula is C15H22N2O2. The molecule has 0 aromatic heterocycles. The van der Waals surface area contributed by atoms with Crippen molar-refractivity contribution in [2.75, 3.05) is 26.2 Å². The predicted molar refractivity (Wildman–Crippen MR) is 78.6 cm³/mol. The van der Waals surface area contributed by atoms with Gasteiger partial charge in [-0.2, -0.15) is 0 Å². The van der Waals surface area contributed by atoms with Gasteiger partial charge in [0.15, 0.2) is 0 Å². The number of rotatable bonds is 10. The van der Waals surface area contributed by atoms with E-state index in [9.17, 15) is 9.59 Å². The minimum atomic E-state index is -0.0946. The van der Waals surface area contributed by atoms with E-state index < -0.39 is 0 Å².